The van der Waals surface area contributed by atoms with Crippen LogP contribution in [0.25, 0.3) is 0 Å². The molecule has 1 aliphatic rings. The Kier molecular flexibility index (Phi) is 9.03. The van der Waals surface area contributed by atoms with Crippen molar-refractivity contribution in [1.82, 2.24) is 14.9 Å². The zero-order valence-corrected chi connectivity index (χ0v) is 22.5. The second kappa shape index (κ2) is 12.5. The number of carbonyl (C=O) groups is 1. The van der Waals surface area contributed by atoms with Gasteiger partial charge in [0.05, 0.1) is 12.2 Å². The van der Waals surface area contributed by atoms with Crippen LogP contribution in [0.3, 0.4) is 0 Å². The Balaban J connectivity index is 1.74. The second-order valence-corrected chi connectivity index (χ2v) is 10.2. The molecule has 1 heterocycles. The van der Waals surface area contributed by atoms with E-state index in [4.69, 9.17) is 0 Å². The SMILES string of the molecule is C=Nc1nc(C(=O)O)nc(N[C@H](C)C2CCC2)c1N(Cc1ccc(C(F)(F)F)cc1)CN(C)Cc1ccccc1. The lowest BCUT2D eigenvalue weighted by Gasteiger charge is -2.35. The van der Waals surface area contributed by atoms with Gasteiger partial charge in [0.2, 0.25) is 5.82 Å². The zero-order valence-electron chi connectivity index (χ0n) is 22.5. The molecule has 1 atom stereocenters. The number of carboxylic acid groups (broad SMARTS) is 1. The summed E-state index contributed by atoms with van der Waals surface area (Å²) in [6.45, 7) is 6.76. The molecule has 0 spiro atoms. The predicted molar refractivity (Wildman–Crippen MR) is 149 cm³/mol. The molecule has 40 heavy (non-hydrogen) atoms. The number of rotatable bonds is 12. The summed E-state index contributed by atoms with van der Waals surface area (Å²) < 4.78 is 39.6. The van der Waals surface area contributed by atoms with Crippen molar-refractivity contribution in [2.75, 3.05) is 23.9 Å². The number of hydrogen-bond acceptors (Lipinski definition) is 7. The molecule has 11 heteroatoms. The normalized spacial score (nSPS) is 14.4. The van der Waals surface area contributed by atoms with E-state index >= 15 is 0 Å². The molecular formula is C29H33F3N6O2. The number of hydrogen-bond donors (Lipinski definition) is 2. The Hall–Kier alpha value is -3.99. The number of aromatic carboxylic acids is 1. The molecule has 0 amide bonds. The van der Waals surface area contributed by atoms with Crippen molar-refractivity contribution in [3.8, 4) is 0 Å². The van der Waals surface area contributed by atoms with Crippen LogP contribution < -0.4 is 10.2 Å². The molecule has 0 unspecified atom stereocenters. The first-order chi connectivity index (χ1) is 19.0. The molecule has 0 aliphatic heterocycles. The fraction of sp³-hybridized carbons (Fsp3) is 0.379. The molecule has 0 saturated heterocycles. The van der Waals surface area contributed by atoms with Crippen LogP contribution in [-0.4, -0.2) is 52.4 Å². The van der Waals surface area contributed by atoms with Crippen molar-refractivity contribution in [3.63, 3.8) is 0 Å². The quantitative estimate of drug-likeness (QED) is 0.203. The highest BCUT2D eigenvalue weighted by Gasteiger charge is 2.31. The van der Waals surface area contributed by atoms with E-state index in [-0.39, 0.29) is 18.4 Å². The Morgan fingerprint density at radius 2 is 1.75 bits per heavy atom. The van der Waals surface area contributed by atoms with Gasteiger partial charge in [-0.2, -0.15) is 13.2 Å². The first-order valence-corrected chi connectivity index (χ1v) is 13.1. The summed E-state index contributed by atoms with van der Waals surface area (Å²) in [5.74, 6) is -0.918. The second-order valence-electron chi connectivity index (χ2n) is 10.2. The number of halogens is 3. The molecule has 2 aromatic carbocycles. The highest BCUT2D eigenvalue weighted by Crippen LogP contribution is 2.38. The molecule has 1 aliphatic carbocycles. The minimum Gasteiger partial charge on any atom is -0.475 e. The van der Waals surface area contributed by atoms with Gasteiger partial charge in [-0.15, -0.1) is 0 Å². The van der Waals surface area contributed by atoms with E-state index in [0.717, 1.165) is 37.0 Å². The van der Waals surface area contributed by atoms with Crippen molar-refractivity contribution >= 4 is 30.0 Å². The Morgan fingerprint density at radius 3 is 2.30 bits per heavy atom. The van der Waals surface area contributed by atoms with Crippen LogP contribution >= 0.6 is 0 Å². The highest BCUT2D eigenvalue weighted by molar-refractivity contribution is 5.87. The molecular weight excluding hydrogens is 521 g/mol. The van der Waals surface area contributed by atoms with Crippen LogP contribution in [0.15, 0.2) is 59.6 Å². The number of nitrogens with zero attached hydrogens (tertiary/aromatic N) is 5. The third-order valence-electron chi connectivity index (χ3n) is 7.11. The highest BCUT2D eigenvalue weighted by atomic mass is 19.4. The van der Waals surface area contributed by atoms with Gasteiger partial charge in [-0.25, -0.2) is 19.8 Å². The molecule has 4 rings (SSSR count). The van der Waals surface area contributed by atoms with Gasteiger partial charge >= 0.3 is 12.1 Å². The van der Waals surface area contributed by atoms with Crippen molar-refractivity contribution in [3.05, 3.63) is 77.1 Å². The van der Waals surface area contributed by atoms with E-state index in [1.807, 2.05) is 54.1 Å². The van der Waals surface area contributed by atoms with Crippen molar-refractivity contribution in [1.29, 1.82) is 0 Å². The lowest BCUT2D eigenvalue weighted by Crippen LogP contribution is -2.37. The van der Waals surface area contributed by atoms with Gasteiger partial charge in [-0.05, 0) is 62.7 Å². The lowest BCUT2D eigenvalue weighted by atomic mass is 9.80. The first-order valence-electron chi connectivity index (χ1n) is 13.1. The van der Waals surface area contributed by atoms with Gasteiger partial charge in [-0.3, -0.25) is 4.90 Å². The minimum atomic E-state index is -4.44. The average molecular weight is 555 g/mol. The van der Waals surface area contributed by atoms with Crippen molar-refractivity contribution in [2.45, 2.75) is 51.5 Å². The average Bonchev–Trinajstić information content (AvgIpc) is 2.87. The fourth-order valence-electron chi connectivity index (χ4n) is 4.77. The van der Waals surface area contributed by atoms with E-state index in [1.165, 1.54) is 12.1 Å². The van der Waals surface area contributed by atoms with Crippen LogP contribution in [0, 0.1) is 5.92 Å². The fourth-order valence-corrected chi connectivity index (χ4v) is 4.77. The smallest absolute Gasteiger partial charge is 0.416 e. The number of aromatic nitrogens is 2. The molecule has 1 saturated carbocycles. The summed E-state index contributed by atoms with van der Waals surface area (Å²) in [6.07, 6.45) is -1.19. The monoisotopic (exact) mass is 554 g/mol. The Morgan fingerprint density at radius 1 is 1.10 bits per heavy atom. The number of anilines is 2. The summed E-state index contributed by atoms with van der Waals surface area (Å²) in [5.41, 5.74) is 1.40. The van der Waals surface area contributed by atoms with Gasteiger partial charge in [0, 0.05) is 19.1 Å². The third-order valence-corrected chi connectivity index (χ3v) is 7.11. The van der Waals surface area contributed by atoms with Crippen molar-refractivity contribution in [2.24, 2.45) is 10.9 Å². The van der Waals surface area contributed by atoms with Gasteiger partial charge in [-0.1, -0.05) is 48.9 Å². The number of alkyl halides is 3. The molecule has 1 fully saturated rings. The Bertz CT molecular complexity index is 1310. The first kappa shape index (κ1) is 29.0. The number of nitrogens with one attached hydrogen (secondary N) is 1. The van der Waals surface area contributed by atoms with Gasteiger partial charge in [0.25, 0.3) is 0 Å². The molecule has 3 aromatic rings. The molecule has 0 bridgehead atoms. The van der Waals surface area contributed by atoms with Crippen LogP contribution in [0.2, 0.25) is 0 Å². The van der Waals surface area contributed by atoms with E-state index in [1.54, 1.807) is 0 Å². The van der Waals surface area contributed by atoms with Gasteiger partial charge < -0.3 is 15.3 Å². The summed E-state index contributed by atoms with van der Waals surface area (Å²) in [7, 11) is 1.92. The van der Waals surface area contributed by atoms with Crippen LogP contribution in [0.1, 0.15) is 53.5 Å². The molecule has 0 radical (unpaired) electrons. The zero-order chi connectivity index (χ0) is 28.9. The topological polar surface area (TPSA) is 93.9 Å². The van der Waals surface area contributed by atoms with Crippen LogP contribution in [0.4, 0.5) is 30.5 Å². The largest absolute Gasteiger partial charge is 0.475 e. The maximum Gasteiger partial charge on any atom is 0.416 e. The maximum atomic E-state index is 13.2. The van der Waals surface area contributed by atoms with E-state index in [9.17, 15) is 23.1 Å². The standard InChI is InChI=1S/C29H33F3N6O2/c1-19(22-10-7-11-22)34-26-24(25(33-2)35-27(36-26)28(39)40)38(18-37(3)16-20-8-5-4-6-9-20)17-21-12-14-23(15-13-21)29(30,31)32/h4-6,8-9,12-15,19,22H,2,7,10-11,16-18H2,1,3H3,(H,39,40)(H,34,35,36)/t19-/m1/s1. The summed E-state index contributed by atoms with van der Waals surface area (Å²) >= 11 is 0. The number of carboxylic acids is 1. The van der Waals surface area contributed by atoms with Crippen LogP contribution in [0.5, 0.6) is 0 Å². The molecule has 1 aromatic heterocycles. The molecule has 8 nitrogen and oxygen atoms in total. The summed E-state index contributed by atoms with van der Waals surface area (Å²) in [4.78, 5) is 28.3. The number of aliphatic imine (C=N–C) groups is 1. The van der Waals surface area contributed by atoms with Gasteiger partial charge in [0.15, 0.2) is 11.6 Å². The summed E-state index contributed by atoms with van der Waals surface area (Å²) in [5, 5.41) is 13.1. The van der Waals surface area contributed by atoms with E-state index in [0.29, 0.717) is 36.2 Å². The minimum absolute atomic E-state index is 0.0108. The van der Waals surface area contributed by atoms with Gasteiger partial charge in [0.1, 0.15) is 5.69 Å². The van der Waals surface area contributed by atoms with E-state index in [2.05, 4.69) is 27.0 Å². The third kappa shape index (κ3) is 7.15. The predicted octanol–water partition coefficient (Wildman–Crippen LogP) is 6.22. The van der Waals surface area contributed by atoms with Crippen molar-refractivity contribution < 1.29 is 23.1 Å². The Labute approximate surface area is 231 Å². The maximum absolute atomic E-state index is 13.2. The lowest BCUT2D eigenvalue weighted by molar-refractivity contribution is -0.137. The molecule has 212 valence electrons. The summed E-state index contributed by atoms with van der Waals surface area (Å²) in [6, 6.07) is 14.8. The molecule has 2 N–H and O–H groups in total. The number of benzene rings is 2. The van der Waals surface area contributed by atoms with Crippen LogP contribution in [-0.2, 0) is 19.3 Å². The van der Waals surface area contributed by atoms with E-state index < -0.39 is 23.5 Å².